The van der Waals surface area contributed by atoms with E-state index in [4.69, 9.17) is 4.74 Å². The van der Waals surface area contributed by atoms with Crippen LogP contribution in [0.3, 0.4) is 0 Å². The normalized spacial score (nSPS) is 18.4. The Labute approximate surface area is 121 Å². The van der Waals surface area contributed by atoms with Gasteiger partial charge in [-0.15, -0.1) is 0 Å². The van der Waals surface area contributed by atoms with E-state index in [-0.39, 0.29) is 11.9 Å². The van der Waals surface area contributed by atoms with Gasteiger partial charge in [0.1, 0.15) is 6.04 Å². The highest BCUT2D eigenvalue weighted by atomic mass is 16.5. The largest absolute Gasteiger partial charge is 0.467 e. The summed E-state index contributed by atoms with van der Waals surface area (Å²) < 4.78 is 4.75. The SMILES string of the molecule is COC(=O)[C@H](CC(C)C)NC(=O)CN1CCCNCC1. The summed E-state index contributed by atoms with van der Waals surface area (Å²) in [5.74, 6) is -0.158. The zero-order valence-corrected chi connectivity index (χ0v) is 12.8. The van der Waals surface area contributed by atoms with Gasteiger partial charge in [0, 0.05) is 13.1 Å². The first-order valence-corrected chi connectivity index (χ1v) is 7.33. The monoisotopic (exact) mass is 285 g/mol. The maximum absolute atomic E-state index is 12.1. The maximum atomic E-state index is 12.1. The van der Waals surface area contributed by atoms with Crippen LogP contribution in [0.15, 0.2) is 0 Å². The van der Waals surface area contributed by atoms with Crippen molar-refractivity contribution in [2.24, 2.45) is 5.92 Å². The topological polar surface area (TPSA) is 70.7 Å². The lowest BCUT2D eigenvalue weighted by atomic mass is 10.0. The Morgan fingerprint density at radius 3 is 2.70 bits per heavy atom. The summed E-state index contributed by atoms with van der Waals surface area (Å²) in [6, 6.07) is -0.544. The van der Waals surface area contributed by atoms with Gasteiger partial charge in [-0.05, 0) is 31.8 Å². The van der Waals surface area contributed by atoms with E-state index in [9.17, 15) is 9.59 Å². The predicted octanol–water partition coefficient (Wildman–Crippen LogP) is -0.0144. The summed E-state index contributed by atoms with van der Waals surface area (Å²) in [6.07, 6.45) is 1.64. The molecule has 0 unspecified atom stereocenters. The number of rotatable bonds is 6. The van der Waals surface area contributed by atoms with Gasteiger partial charge in [-0.25, -0.2) is 4.79 Å². The van der Waals surface area contributed by atoms with E-state index >= 15 is 0 Å². The molecule has 1 saturated heterocycles. The van der Waals surface area contributed by atoms with Gasteiger partial charge in [0.2, 0.25) is 5.91 Å². The first-order chi connectivity index (χ1) is 9.52. The molecule has 0 spiro atoms. The standard InChI is InChI=1S/C14H27N3O3/c1-11(2)9-12(14(19)20-3)16-13(18)10-17-7-4-5-15-6-8-17/h11-12,15H,4-10H2,1-3H3,(H,16,18)/t12-/m0/s1. The molecule has 116 valence electrons. The molecule has 1 aliphatic rings. The van der Waals surface area contributed by atoms with Crippen LogP contribution in [0.25, 0.3) is 0 Å². The number of amides is 1. The number of hydrogen-bond donors (Lipinski definition) is 2. The van der Waals surface area contributed by atoms with E-state index in [1.807, 2.05) is 13.8 Å². The van der Waals surface area contributed by atoms with E-state index < -0.39 is 6.04 Å². The molecular weight excluding hydrogens is 258 g/mol. The molecule has 1 fully saturated rings. The van der Waals surface area contributed by atoms with Crippen molar-refractivity contribution in [3.8, 4) is 0 Å². The smallest absolute Gasteiger partial charge is 0.328 e. The molecule has 0 bridgehead atoms. The van der Waals surface area contributed by atoms with E-state index in [0.29, 0.717) is 18.9 Å². The van der Waals surface area contributed by atoms with Gasteiger partial charge in [-0.1, -0.05) is 13.8 Å². The zero-order valence-electron chi connectivity index (χ0n) is 12.8. The molecule has 0 aliphatic carbocycles. The number of esters is 1. The minimum Gasteiger partial charge on any atom is -0.467 e. The average molecular weight is 285 g/mol. The molecule has 1 heterocycles. The molecule has 0 aromatic carbocycles. The Morgan fingerprint density at radius 1 is 1.30 bits per heavy atom. The van der Waals surface area contributed by atoms with Crippen molar-refractivity contribution in [2.75, 3.05) is 39.8 Å². The molecule has 2 N–H and O–H groups in total. The summed E-state index contributed by atoms with van der Waals surface area (Å²) in [7, 11) is 1.35. The van der Waals surface area contributed by atoms with Gasteiger partial charge in [0.15, 0.2) is 0 Å². The predicted molar refractivity (Wildman–Crippen MR) is 77.3 cm³/mol. The van der Waals surface area contributed by atoms with Crippen LogP contribution in [0.5, 0.6) is 0 Å². The summed E-state index contributed by atoms with van der Waals surface area (Å²) in [6.45, 7) is 8.04. The third-order valence-corrected chi connectivity index (χ3v) is 3.33. The minimum absolute atomic E-state index is 0.108. The number of nitrogens with zero attached hydrogens (tertiary/aromatic N) is 1. The zero-order chi connectivity index (χ0) is 15.0. The molecule has 0 radical (unpaired) electrons. The quantitative estimate of drug-likeness (QED) is 0.672. The summed E-state index contributed by atoms with van der Waals surface area (Å²) >= 11 is 0. The second-order valence-corrected chi connectivity index (χ2v) is 5.65. The summed E-state index contributed by atoms with van der Waals surface area (Å²) in [4.78, 5) is 25.8. The average Bonchev–Trinajstić information content (AvgIpc) is 2.65. The second kappa shape index (κ2) is 8.92. The number of hydrogen-bond acceptors (Lipinski definition) is 5. The highest BCUT2D eigenvalue weighted by Gasteiger charge is 2.23. The molecule has 0 aromatic rings. The highest BCUT2D eigenvalue weighted by Crippen LogP contribution is 2.06. The Bertz CT molecular complexity index is 313. The second-order valence-electron chi connectivity index (χ2n) is 5.65. The number of methoxy groups -OCH3 is 1. The number of carbonyl (C=O) groups is 2. The lowest BCUT2D eigenvalue weighted by Gasteiger charge is -2.22. The van der Waals surface area contributed by atoms with Crippen molar-refractivity contribution in [1.29, 1.82) is 0 Å². The Balaban J connectivity index is 2.45. The molecular formula is C14H27N3O3. The van der Waals surface area contributed by atoms with Crippen molar-refractivity contribution >= 4 is 11.9 Å². The van der Waals surface area contributed by atoms with Crippen molar-refractivity contribution in [1.82, 2.24) is 15.5 Å². The molecule has 1 amide bonds. The number of nitrogens with one attached hydrogen (secondary N) is 2. The van der Waals surface area contributed by atoms with E-state index in [1.165, 1.54) is 7.11 Å². The van der Waals surface area contributed by atoms with E-state index in [1.54, 1.807) is 0 Å². The van der Waals surface area contributed by atoms with Gasteiger partial charge in [0.25, 0.3) is 0 Å². The van der Waals surface area contributed by atoms with Gasteiger partial charge in [-0.3, -0.25) is 9.69 Å². The van der Waals surface area contributed by atoms with Crippen molar-refractivity contribution < 1.29 is 14.3 Å². The third kappa shape index (κ3) is 6.34. The Morgan fingerprint density at radius 2 is 2.05 bits per heavy atom. The molecule has 1 rings (SSSR count). The van der Waals surface area contributed by atoms with Crippen LogP contribution in [-0.2, 0) is 14.3 Å². The van der Waals surface area contributed by atoms with Crippen LogP contribution >= 0.6 is 0 Å². The molecule has 6 nitrogen and oxygen atoms in total. The number of carbonyl (C=O) groups excluding carboxylic acids is 2. The molecule has 0 aromatic heterocycles. The fraction of sp³-hybridized carbons (Fsp3) is 0.857. The molecule has 6 heteroatoms. The fourth-order valence-electron chi connectivity index (χ4n) is 2.33. The molecule has 1 aliphatic heterocycles. The lowest BCUT2D eigenvalue weighted by Crippen LogP contribution is -2.47. The van der Waals surface area contributed by atoms with E-state index in [2.05, 4.69) is 15.5 Å². The van der Waals surface area contributed by atoms with Crippen LogP contribution in [0.1, 0.15) is 26.7 Å². The van der Waals surface area contributed by atoms with Crippen LogP contribution < -0.4 is 10.6 Å². The maximum Gasteiger partial charge on any atom is 0.328 e. The first-order valence-electron chi connectivity index (χ1n) is 7.33. The van der Waals surface area contributed by atoms with Gasteiger partial charge in [-0.2, -0.15) is 0 Å². The highest BCUT2D eigenvalue weighted by molar-refractivity contribution is 5.85. The summed E-state index contributed by atoms with van der Waals surface area (Å²) in [5, 5.41) is 6.09. The third-order valence-electron chi connectivity index (χ3n) is 3.33. The lowest BCUT2D eigenvalue weighted by molar-refractivity contribution is -0.145. The molecule has 0 saturated carbocycles. The first kappa shape index (κ1) is 16.9. The van der Waals surface area contributed by atoms with Crippen LogP contribution in [0.2, 0.25) is 0 Å². The van der Waals surface area contributed by atoms with Gasteiger partial charge in [0.05, 0.1) is 13.7 Å². The number of ether oxygens (including phenoxy) is 1. The van der Waals surface area contributed by atoms with Gasteiger partial charge >= 0.3 is 5.97 Å². The summed E-state index contributed by atoms with van der Waals surface area (Å²) in [5.41, 5.74) is 0. The Hall–Kier alpha value is -1.14. The van der Waals surface area contributed by atoms with Crippen LogP contribution in [-0.4, -0.2) is 62.7 Å². The van der Waals surface area contributed by atoms with Crippen LogP contribution in [0.4, 0.5) is 0 Å². The minimum atomic E-state index is -0.544. The Kier molecular flexibility index (Phi) is 7.54. The van der Waals surface area contributed by atoms with Crippen molar-refractivity contribution in [3.63, 3.8) is 0 Å². The molecule has 20 heavy (non-hydrogen) atoms. The fourth-order valence-corrected chi connectivity index (χ4v) is 2.33. The molecule has 1 atom stereocenters. The van der Waals surface area contributed by atoms with Crippen molar-refractivity contribution in [2.45, 2.75) is 32.7 Å². The van der Waals surface area contributed by atoms with Crippen LogP contribution in [0, 0.1) is 5.92 Å². The van der Waals surface area contributed by atoms with Gasteiger partial charge < -0.3 is 15.4 Å². The van der Waals surface area contributed by atoms with E-state index in [0.717, 1.165) is 32.6 Å². The van der Waals surface area contributed by atoms with Crippen molar-refractivity contribution in [3.05, 3.63) is 0 Å².